The molecule has 0 amide bonds. The number of pyridine rings is 1. The van der Waals surface area contributed by atoms with Crippen molar-refractivity contribution in [1.82, 2.24) is 15.0 Å². The Hall–Kier alpha value is -2.93. The van der Waals surface area contributed by atoms with Crippen LogP contribution in [0.15, 0.2) is 48.8 Å². The standard InChI is InChI=1S/C20H23N5O2/c26-16-6-3-12-25(14-16)18-8-10-22-20(24-18)23-11-13-27-17-7-1-4-15-5-2-9-21-19(15)17/h1-2,4-5,7-10,16,26H,3,6,11-14H2,(H,22,23,24). The van der Waals surface area contributed by atoms with E-state index in [9.17, 15) is 5.11 Å². The van der Waals surface area contributed by atoms with Crippen LogP contribution in [-0.4, -0.2) is 52.4 Å². The van der Waals surface area contributed by atoms with Crippen LogP contribution in [0, 0.1) is 0 Å². The number of nitrogens with zero attached hydrogens (tertiary/aromatic N) is 4. The summed E-state index contributed by atoms with van der Waals surface area (Å²) < 4.78 is 5.88. The normalized spacial score (nSPS) is 17.1. The SMILES string of the molecule is OC1CCCN(c2ccnc(NCCOc3cccc4cccnc34)n2)C1. The lowest BCUT2D eigenvalue weighted by Crippen LogP contribution is -2.38. The third kappa shape index (κ3) is 4.25. The third-order valence-electron chi connectivity index (χ3n) is 4.60. The van der Waals surface area contributed by atoms with Crippen molar-refractivity contribution in [3.8, 4) is 5.75 Å². The summed E-state index contributed by atoms with van der Waals surface area (Å²) in [7, 11) is 0. The molecule has 3 heterocycles. The van der Waals surface area contributed by atoms with Crippen molar-refractivity contribution in [2.24, 2.45) is 0 Å². The summed E-state index contributed by atoms with van der Waals surface area (Å²) in [5, 5.41) is 14.1. The van der Waals surface area contributed by atoms with Crippen LogP contribution in [0.1, 0.15) is 12.8 Å². The van der Waals surface area contributed by atoms with E-state index in [0.717, 1.165) is 41.9 Å². The van der Waals surface area contributed by atoms with Crippen LogP contribution in [0.3, 0.4) is 0 Å². The average molecular weight is 365 g/mol. The summed E-state index contributed by atoms with van der Waals surface area (Å²) in [6, 6.07) is 11.7. The fraction of sp³-hybridized carbons (Fsp3) is 0.350. The number of fused-ring (bicyclic) bond motifs is 1. The quantitative estimate of drug-likeness (QED) is 0.649. The predicted octanol–water partition coefficient (Wildman–Crippen LogP) is 2.48. The number of rotatable bonds is 6. The number of hydrogen-bond acceptors (Lipinski definition) is 7. The number of nitrogens with one attached hydrogen (secondary N) is 1. The van der Waals surface area contributed by atoms with Gasteiger partial charge in [-0.3, -0.25) is 4.98 Å². The molecule has 1 aliphatic heterocycles. The first-order valence-electron chi connectivity index (χ1n) is 9.26. The zero-order valence-corrected chi connectivity index (χ0v) is 15.1. The Kier molecular flexibility index (Phi) is 5.29. The van der Waals surface area contributed by atoms with E-state index in [1.54, 1.807) is 12.4 Å². The average Bonchev–Trinajstić information content (AvgIpc) is 2.71. The lowest BCUT2D eigenvalue weighted by molar-refractivity contribution is 0.154. The van der Waals surface area contributed by atoms with Gasteiger partial charge in [-0.1, -0.05) is 18.2 Å². The molecule has 1 fully saturated rings. The number of aliphatic hydroxyl groups is 1. The Morgan fingerprint density at radius 2 is 2.07 bits per heavy atom. The number of anilines is 2. The summed E-state index contributed by atoms with van der Waals surface area (Å²) in [6.45, 7) is 2.58. The van der Waals surface area contributed by atoms with Gasteiger partial charge in [0.25, 0.3) is 0 Å². The lowest BCUT2D eigenvalue weighted by Gasteiger charge is -2.31. The van der Waals surface area contributed by atoms with Gasteiger partial charge in [-0.2, -0.15) is 4.98 Å². The molecule has 0 spiro atoms. The molecule has 4 rings (SSSR count). The van der Waals surface area contributed by atoms with Gasteiger partial charge in [0, 0.05) is 30.9 Å². The van der Waals surface area contributed by atoms with E-state index in [4.69, 9.17) is 4.74 Å². The highest BCUT2D eigenvalue weighted by atomic mass is 16.5. The van der Waals surface area contributed by atoms with Crippen LogP contribution < -0.4 is 15.0 Å². The zero-order valence-electron chi connectivity index (χ0n) is 15.1. The molecule has 0 bridgehead atoms. The van der Waals surface area contributed by atoms with E-state index >= 15 is 0 Å². The van der Waals surface area contributed by atoms with E-state index in [2.05, 4.69) is 25.2 Å². The van der Waals surface area contributed by atoms with Gasteiger partial charge in [0.05, 0.1) is 12.6 Å². The van der Waals surface area contributed by atoms with Gasteiger partial charge in [0.2, 0.25) is 5.95 Å². The first-order chi connectivity index (χ1) is 13.3. The van der Waals surface area contributed by atoms with Crippen LogP contribution in [0.4, 0.5) is 11.8 Å². The second kappa shape index (κ2) is 8.18. The predicted molar refractivity (Wildman–Crippen MR) is 105 cm³/mol. The maximum Gasteiger partial charge on any atom is 0.224 e. The summed E-state index contributed by atoms with van der Waals surface area (Å²) in [5.41, 5.74) is 0.863. The molecular weight excluding hydrogens is 342 g/mol. The molecule has 1 aromatic carbocycles. The fourth-order valence-corrected chi connectivity index (χ4v) is 3.29. The molecule has 27 heavy (non-hydrogen) atoms. The Morgan fingerprint density at radius 1 is 1.15 bits per heavy atom. The van der Waals surface area contributed by atoms with Gasteiger partial charge in [-0.05, 0) is 31.0 Å². The first kappa shape index (κ1) is 17.5. The third-order valence-corrected chi connectivity index (χ3v) is 4.60. The van der Waals surface area contributed by atoms with Crippen molar-refractivity contribution in [3.05, 3.63) is 48.8 Å². The molecule has 140 valence electrons. The van der Waals surface area contributed by atoms with Crippen LogP contribution >= 0.6 is 0 Å². The van der Waals surface area contributed by atoms with Gasteiger partial charge in [-0.25, -0.2) is 4.98 Å². The Bertz CT molecular complexity index is 899. The molecule has 1 atom stereocenters. The van der Waals surface area contributed by atoms with E-state index in [0.29, 0.717) is 25.6 Å². The van der Waals surface area contributed by atoms with Gasteiger partial charge in [0.15, 0.2) is 0 Å². The number of piperidine rings is 1. The zero-order chi connectivity index (χ0) is 18.5. The largest absolute Gasteiger partial charge is 0.489 e. The summed E-state index contributed by atoms with van der Waals surface area (Å²) >= 11 is 0. The number of aliphatic hydroxyl groups excluding tert-OH is 1. The Balaban J connectivity index is 1.33. The summed E-state index contributed by atoms with van der Waals surface area (Å²) in [5.74, 6) is 2.17. The first-order valence-corrected chi connectivity index (χ1v) is 9.26. The molecule has 2 N–H and O–H groups in total. The van der Waals surface area contributed by atoms with E-state index in [-0.39, 0.29) is 6.10 Å². The van der Waals surface area contributed by atoms with Gasteiger partial charge >= 0.3 is 0 Å². The minimum atomic E-state index is -0.284. The smallest absolute Gasteiger partial charge is 0.224 e. The van der Waals surface area contributed by atoms with Crippen LogP contribution in [0.2, 0.25) is 0 Å². The second-order valence-corrected chi connectivity index (χ2v) is 6.59. The maximum absolute atomic E-state index is 9.84. The highest BCUT2D eigenvalue weighted by Gasteiger charge is 2.19. The molecule has 1 unspecified atom stereocenters. The van der Waals surface area contributed by atoms with Crippen molar-refractivity contribution in [3.63, 3.8) is 0 Å². The number of benzene rings is 1. The molecule has 7 nitrogen and oxygen atoms in total. The van der Waals surface area contributed by atoms with E-state index < -0.39 is 0 Å². The molecule has 0 radical (unpaired) electrons. The number of hydrogen-bond donors (Lipinski definition) is 2. The minimum Gasteiger partial charge on any atom is -0.489 e. The minimum absolute atomic E-state index is 0.284. The van der Waals surface area contributed by atoms with Crippen molar-refractivity contribution in [2.75, 3.05) is 36.5 Å². The van der Waals surface area contributed by atoms with Crippen LogP contribution in [0.25, 0.3) is 10.9 Å². The van der Waals surface area contributed by atoms with Gasteiger partial charge in [0.1, 0.15) is 23.7 Å². The lowest BCUT2D eigenvalue weighted by atomic mass is 10.1. The molecule has 3 aromatic rings. The highest BCUT2D eigenvalue weighted by molar-refractivity contribution is 5.84. The molecular formula is C20H23N5O2. The van der Waals surface area contributed by atoms with Gasteiger partial charge in [-0.15, -0.1) is 0 Å². The molecule has 0 aliphatic carbocycles. The number of para-hydroxylation sites is 1. The van der Waals surface area contributed by atoms with Crippen LogP contribution in [-0.2, 0) is 0 Å². The van der Waals surface area contributed by atoms with E-state index in [1.165, 1.54) is 0 Å². The number of ether oxygens (including phenoxy) is 1. The molecule has 0 saturated carbocycles. The maximum atomic E-state index is 9.84. The fourth-order valence-electron chi connectivity index (χ4n) is 3.29. The highest BCUT2D eigenvalue weighted by Crippen LogP contribution is 2.23. The molecule has 2 aromatic heterocycles. The topological polar surface area (TPSA) is 83.4 Å². The summed E-state index contributed by atoms with van der Waals surface area (Å²) in [4.78, 5) is 15.3. The van der Waals surface area contributed by atoms with Gasteiger partial charge < -0.3 is 20.1 Å². The molecule has 7 heteroatoms. The number of β-amino-alcohol motifs (C(OH)–C–C–N with tert-alkyl or cyclic N) is 1. The molecule has 1 saturated heterocycles. The van der Waals surface area contributed by atoms with Crippen LogP contribution in [0.5, 0.6) is 5.75 Å². The Morgan fingerprint density at radius 3 is 3.00 bits per heavy atom. The molecule has 1 aliphatic rings. The van der Waals surface area contributed by atoms with Crippen molar-refractivity contribution in [1.29, 1.82) is 0 Å². The van der Waals surface area contributed by atoms with Crippen molar-refractivity contribution < 1.29 is 9.84 Å². The number of aromatic nitrogens is 3. The van der Waals surface area contributed by atoms with Crippen molar-refractivity contribution >= 4 is 22.7 Å². The van der Waals surface area contributed by atoms with E-state index in [1.807, 2.05) is 36.4 Å². The Labute approximate surface area is 158 Å². The second-order valence-electron chi connectivity index (χ2n) is 6.59. The van der Waals surface area contributed by atoms with Crippen molar-refractivity contribution in [2.45, 2.75) is 18.9 Å². The monoisotopic (exact) mass is 365 g/mol. The summed E-state index contributed by atoms with van der Waals surface area (Å²) in [6.07, 6.45) is 5.05.